The Morgan fingerprint density at radius 2 is 2.36 bits per heavy atom. The molecule has 0 bridgehead atoms. The van der Waals surface area contributed by atoms with E-state index in [-0.39, 0.29) is 31.4 Å². The zero-order valence-corrected chi connectivity index (χ0v) is 8.19. The Morgan fingerprint density at radius 3 is 2.86 bits per heavy atom. The summed E-state index contributed by atoms with van der Waals surface area (Å²) in [7, 11) is 0. The average Bonchev–Trinajstić information content (AvgIpc) is 2.43. The smallest absolute Gasteiger partial charge is 0.305 e. The van der Waals surface area contributed by atoms with Crippen LogP contribution in [-0.2, 0) is 9.53 Å². The summed E-state index contributed by atoms with van der Waals surface area (Å²) < 4.78 is 30.1. The first-order valence-electron chi connectivity index (χ1n) is 4.80. The van der Waals surface area contributed by atoms with E-state index in [9.17, 15) is 13.6 Å². The summed E-state index contributed by atoms with van der Waals surface area (Å²) in [5.41, 5.74) is 0. The molecule has 1 N–H and O–H groups in total. The van der Waals surface area contributed by atoms with Crippen molar-refractivity contribution in [2.75, 3.05) is 13.2 Å². The van der Waals surface area contributed by atoms with E-state index < -0.39 is 5.92 Å². The van der Waals surface area contributed by atoms with Crippen molar-refractivity contribution in [2.45, 2.75) is 38.2 Å². The molecule has 1 heterocycles. The third kappa shape index (κ3) is 3.57. The van der Waals surface area contributed by atoms with Crippen LogP contribution in [0.3, 0.4) is 0 Å². The molecule has 5 heteroatoms. The first-order chi connectivity index (χ1) is 6.53. The van der Waals surface area contributed by atoms with Gasteiger partial charge in [-0.1, -0.05) is 0 Å². The Balaban J connectivity index is 2.17. The van der Waals surface area contributed by atoms with Crippen LogP contribution in [0.15, 0.2) is 0 Å². The van der Waals surface area contributed by atoms with Crippen LogP contribution in [0.25, 0.3) is 0 Å². The van der Waals surface area contributed by atoms with E-state index in [2.05, 4.69) is 5.32 Å². The number of nitrogens with one attached hydrogen (secondary N) is 1. The minimum absolute atomic E-state index is 0.174. The number of ether oxygens (including phenoxy) is 1. The van der Waals surface area contributed by atoms with Crippen LogP contribution < -0.4 is 5.32 Å². The number of hydrogen-bond donors (Lipinski definition) is 1. The average molecular weight is 207 g/mol. The number of halogens is 2. The monoisotopic (exact) mass is 207 g/mol. The van der Waals surface area contributed by atoms with Crippen molar-refractivity contribution in [1.29, 1.82) is 0 Å². The van der Waals surface area contributed by atoms with Gasteiger partial charge >= 0.3 is 5.97 Å². The molecule has 0 aliphatic carbocycles. The van der Waals surface area contributed by atoms with E-state index in [1.54, 1.807) is 6.92 Å². The lowest BCUT2D eigenvalue weighted by atomic mass is 10.1. The van der Waals surface area contributed by atoms with E-state index in [4.69, 9.17) is 4.74 Å². The molecular weight excluding hydrogens is 192 g/mol. The molecule has 0 saturated carbocycles. The van der Waals surface area contributed by atoms with E-state index in [0.29, 0.717) is 13.0 Å². The van der Waals surface area contributed by atoms with Gasteiger partial charge < -0.3 is 10.1 Å². The highest BCUT2D eigenvalue weighted by Gasteiger charge is 2.38. The fourth-order valence-corrected chi connectivity index (χ4v) is 1.53. The number of carbonyl (C=O) groups excluding carboxylic acids is 1. The Hall–Kier alpha value is -0.710. The number of alkyl halides is 2. The van der Waals surface area contributed by atoms with Gasteiger partial charge in [-0.15, -0.1) is 0 Å². The van der Waals surface area contributed by atoms with Gasteiger partial charge in [0.2, 0.25) is 0 Å². The Bertz CT molecular complexity index is 209. The molecule has 0 aromatic heterocycles. The predicted octanol–water partition coefficient (Wildman–Crippen LogP) is 1.33. The summed E-state index contributed by atoms with van der Waals surface area (Å²) >= 11 is 0. The molecule has 14 heavy (non-hydrogen) atoms. The van der Waals surface area contributed by atoms with Gasteiger partial charge in [0.05, 0.1) is 13.2 Å². The lowest BCUT2D eigenvalue weighted by molar-refractivity contribution is -0.143. The van der Waals surface area contributed by atoms with Crippen LogP contribution >= 0.6 is 0 Å². The Kier molecular flexibility index (Phi) is 3.80. The first-order valence-corrected chi connectivity index (χ1v) is 4.80. The summed E-state index contributed by atoms with van der Waals surface area (Å²) in [4.78, 5) is 10.9. The van der Waals surface area contributed by atoms with Crippen LogP contribution in [-0.4, -0.2) is 31.1 Å². The van der Waals surface area contributed by atoms with E-state index in [1.807, 2.05) is 0 Å². The van der Waals surface area contributed by atoms with Crippen LogP contribution in [0, 0.1) is 0 Å². The van der Waals surface area contributed by atoms with Gasteiger partial charge in [-0.05, 0) is 13.3 Å². The summed E-state index contributed by atoms with van der Waals surface area (Å²) in [5, 5.41) is 2.69. The second-order valence-corrected chi connectivity index (χ2v) is 3.48. The largest absolute Gasteiger partial charge is 0.466 e. The van der Waals surface area contributed by atoms with Crippen molar-refractivity contribution < 1.29 is 18.3 Å². The molecule has 0 amide bonds. The van der Waals surface area contributed by atoms with Gasteiger partial charge in [-0.2, -0.15) is 0 Å². The maximum atomic E-state index is 12.7. The highest BCUT2D eigenvalue weighted by molar-refractivity contribution is 5.69. The van der Waals surface area contributed by atoms with Crippen molar-refractivity contribution in [3.05, 3.63) is 0 Å². The van der Waals surface area contributed by atoms with Gasteiger partial charge in [0, 0.05) is 18.9 Å². The normalized spacial score (nSPS) is 24.9. The maximum Gasteiger partial charge on any atom is 0.305 e. The molecule has 82 valence electrons. The second kappa shape index (κ2) is 4.68. The highest BCUT2D eigenvalue weighted by atomic mass is 19.3. The van der Waals surface area contributed by atoms with Crippen LogP contribution in [0.5, 0.6) is 0 Å². The van der Waals surface area contributed by atoms with Gasteiger partial charge in [-0.25, -0.2) is 8.78 Å². The van der Waals surface area contributed by atoms with Crippen molar-refractivity contribution >= 4 is 5.97 Å². The Morgan fingerprint density at radius 1 is 1.64 bits per heavy atom. The molecule has 0 aromatic rings. The zero-order chi connectivity index (χ0) is 10.6. The fourth-order valence-electron chi connectivity index (χ4n) is 1.53. The number of esters is 1. The van der Waals surface area contributed by atoms with Crippen molar-refractivity contribution in [1.82, 2.24) is 5.32 Å². The highest BCUT2D eigenvalue weighted by Crippen LogP contribution is 2.26. The molecule has 3 nitrogen and oxygen atoms in total. The zero-order valence-electron chi connectivity index (χ0n) is 8.19. The van der Waals surface area contributed by atoms with Gasteiger partial charge in [0.1, 0.15) is 0 Å². The molecule has 1 saturated heterocycles. The lowest BCUT2D eigenvalue weighted by Gasteiger charge is -2.09. The molecule has 1 aliphatic heterocycles. The molecule has 1 rings (SSSR count). The first kappa shape index (κ1) is 11.4. The predicted molar refractivity (Wildman–Crippen MR) is 47.2 cm³/mol. The summed E-state index contributed by atoms with van der Waals surface area (Å²) in [6, 6.07) is -0.255. The quantitative estimate of drug-likeness (QED) is 0.707. The van der Waals surface area contributed by atoms with Crippen LogP contribution in [0.4, 0.5) is 8.78 Å². The van der Waals surface area contributed by atoms with E-state index in [0.717, 1.165) is 0 Å². The number of hydrogen-bond acceptors (Lipinski definition) is 3. The summed E-state index contributed by atoms with van der Waals surface area (Å²) in [5.74, 6) is -2.93. The van der Waals surface area contributed by atoms with Crippen molar-refractivity contribution in [3.8, 4) is 0 Å². The topological polar surface area (TPSA) is 38.3 Å². The van der Waals surface area contributed by atoms with Crippen molar-refractivity contribution in [3.63, 3.8) is 0 Å². The van der Waals surface area contributed by atoms with Gasteiger partial charge in [-0.3, -0.25) is 4.79 Å². The van der Waals surface area contributed by atoms with E-state index >= 15 is 0 Å². The SMILES string of the molecule is CCOC(=O)CCC1CC(F)(F)CN1. The maximum absolute atomic E-state index is 12.7. The second-order valence-electron chi connectivity index (χ2n) is 3.48. The number of carbonyl (C=O) groups is 1. The third-order valence-electron chi connectivity index (χ3n) is 2.20. The molecule has 1 unspecified atom stereocenters. The lowest BCUT2D eigenvalue weighted by Crippen LogP contribution is -2.23. The standard InChI is InChI=1S/C9H15F2NO2/c1-2-14-8(13)4-3-7-5-9(10,11)6-12-7/h7,12H,2-6H2,1H3. The summed E-state index contributed by atoms with van der Waals surface area (Å²) in [6.07, 6.45) is 0.461. The van der Waals surface area contributed by atoms with E-state index in [1.165, 1.54) is 0 Å². The minimum Gasteiger partial charge on any atom is -0.466 e. The minimum atomic E-state index is -2.61. The molecule has 0 spiro atoms. The van der Waals surface area contributed by atoms with Crippen molar-refractivity contribution in [2.24, 2.45) is 0 Å². The number of rotatable bonds is 4. The summed E-state index contributed by atoms with van der Waals surface area (Å²) in [6.45, 7) is 1.79. The molecule has 0 aromatic carbocycles. The third-order valence-corrected chi connectivity index (χ3v) is 2.20. The molecule has 1 aliphatic rings. The van der Waals surface area contributed by atoms with Crippen LogP contribution in [0.1, 0.15) is 26.2 Å². The van der Waals surface area contributed by atoms with Gasteiger partial charge in [0.15, 0.2) is 0 Å². The molecule has 1 fully saturated rings. The molecular formula is C9H15F2NO2. The molecule has 1 atom stereocenters. The Labute approximate surface area is 81.8 Å². The fraction of sp³-hybridized carbons (Fsp3) is 0.889. The van der Waals surface area contributed by atoms with Crippen LogP contribution in [0.2, 0.25) is 0 Å². The molecule has 0 radical (unpaired) electrons. The van der Waals surface area contributed by atoms with Gasteiger partial charge in [0.25, 0.3) is 5.92 Å².